The first kappa shape index (κ1) is 24.5. The van der Waals surface area contributed by atoms with E-state index in [0.717, 1.165) is 63.0 Å². The molecule has 4 rings (SSSR count). The predicted molar refractivity (Wildman–Crippen MR) is 142 cm³/mol. The average Bonchev–Trinajstić information content (AvgIpc) is 3.30. The van der Waals surface area contributed by atoms with Crippen LogP contribution in [-0.2, 0) is 0 Å². The van der Waals surface area contributed by atoms with Crippen LogP contribution in [0.5, 0.6) is 11.5 Å². The normalized spacial score (nSPS) is 19.4. The van der Waals surface area contributed by atoms with Crippen LogP contribution in [0.2, 0.25) is 0 Å². The highest BCUT2D eigenvalue weighted by atomic mass is 127. The zero-order valence-electron chi connectivity index (χ0n) is 19.1. The minimum atomic E-state index is 0. The lowest BCUT2D eigenvalue weighted by Crippen LogP contribution is -2.48. The van der Waals surface area contributed by atoms with E-state index in [4.69, 9.17) is 9.47 Å². The van der Waals surface area contributed by atoms with Crippen molar-refractivity contribution in [3.63, 3.8) is 0 Å². The Hall–Kier alpha value is -2.16. The van der Waals surface area contributed by atoms with Crippen LogP contribution in [0.25, 0.3) is 0 Å². The van der Waals surface area contributed by atoms with Crippen molar-refractivity contribution in [2.24, 2.45) is 10.9 Å². The van der Waals surface area contributed by atoms with Crippen LogP contribution < -0.4 is 19.7 Å². The summed E-state index contributed by atoms with van der Waals surface area (Å²) in [6.07, 6.45) is 3.50. The maximum atomic E-state index is 6.13. The molecule has 2 aromatic rings. The van der Waals surface area contributed by atoms with Crippen molar-refractivity contribution < 1.29 is 9.47 Å². The van der Waals surface area contributed by atoms with E-state index in [1.807, 2.05) is 43.4 Å². The Labute approximate surface area is 209 Å². The summed E-state index contributed by atoms with van der Waals surface area (Å²) in [5.41, 5.74) is 1.24. The van der Waals surface area contributed by atoms with Crippen molar-refractivity contribution in [3.8, 4) is 11.5 Å². The number of piperidine rings is 1. The number of rotatable bonds is 6. The molecule has 2 aliphatic rings. The number of benzene rings is 2. The van der Waals surface area contributed by atoms with E-state index in [0.29, 0.717) is 5.92 Å². The van der Waals surface area contributed by atoms with E-state index in [1.54, 1.807) is 7.11 Å². The molecule has 0 aliphatic carbocycles. The molecule has 2 aliphatic heterocycles. The molecule has 2 aromatic carbocycles. The molecular weight excluding hydrogens is 515 g/mol. The number of guanidine groups is 1. The van der Waals surface area contributed by atoms with Gasteiger partial charge >= 0.3 is 0 Å². The molecule has 32 heavy (non-hydrogen) atoms. The first-order valence-corrected chi connectivity index (χ1v) is 11.3. The summed E-state index contributed by atoms with van der Waals surface area (Å²) in [6, 6.07) is 18.5. The first-order valence-electron chi connectivity index (χ1n) is 11.3. The van der Waals surface area contributed by atoms with E-state index in [-0.39, 0.29) is 30.1 Å². The van der Waals surface area contributed by atoms with E-state index in [1.165, 1.54) is 12.1 Å². The Morgan fingerprint density at radius 3 is 2.47 bits per heavy atom. The standard InChI is InChI=1S/C25H34N4O2.HI/c1-26-25(28-15-12-23(13-16-28)31-22-8-4-3-5-9-22)27-18-20-11-14-29(19-20)21-7-6-10-24(17-21)30-2;/h3-10,17,20,23H,11-16,18-19H2,1-2H3,(H,26,27);1H. The number of ether oxygens (including phenoxy) is 2. The lowest BCUT2D eigenvalue weighted by molar-refractivity contribution is 0.129. The van der Waals surface area contributed by atoms with Crippen LogP contribution in [-0.4, -0.2) is 63.8 Å². The highest BCUT2D eigenvalue weighted by molar-refractivity contribution is 14.0. The fourth-order valence-corrected chi connectivity index (χ4v) is 4.49. The van der Waals surface area contributed by atoms with E-state index in [2.05, 4.69) is 38.3 Å². The monoisotopic (exact) mass is 550 g/mol. The molecule has 1 unspecified atom stereocenters. The van der Waals surface area contributed by atoms with Gasteiger partial charge in [0.2, 0.25) is 0 Å². The Balaban J connectivity index is 0.00000289. The van der Waals surface area contributed by atoms with E-state index < -0.39 is 0 Å². The Kier molecular flexibility index (Phi) is 9.32. The van der Waals surface area contributed by atoms with Gasteiger partial charge in [-0.05, 0) is 36.6 Å². The van der Waals surface area contributed by atoms with Crippen molar-refractivity contribution in [2.45, 2.75) is 25.4 Å². The highest BCUT2D eigenvalue weighted by Crippen LogP contribution is 2.26. The minimum Gasteiger partial charge on any atom is -0.497 e. The SMILES string of the molecule is CN=C(NCC1CCN(c2cccc(OC)c2)C1)N1CCC(Oc2ccccc2)CC1.I. The molecule has 1 atom stereocenters. The van der Waals surface area contributed by atoms with Gasteiger partial charge in [0.25, 0.3) is 0 Å². The minimum absolute atomic E-state index is 0. The summed E-state index contributed by atoms with van der Waals surface area (Å²) in [5, 5.41) is 3.62. The van der Waals surface area contributed by atoms with Gasteiger partial charge in [0.1, 0.15) is 17.6 Å². The molecule has 6 nitrogen and oxygen atoms in total. The van der Waals surface area contributed by atoms with Crippen molar-refractivity contribution in [1.29, 1.82) is 0 Å². The first-order chi connectivity index (χ1) is 15.2. The molecule has 1 N–H and O–H groups in total. The maximum absolute atomic E-state index is 6.13. The van der Waals surface area contributed by atoms with Gasteiger partial charge in [-0.15, -0.1) is 24.0 Å². The van der Waals surface area contributed by atoms with Crippen LogP contribution in [0.3, 0.4) is 0 Å². The molecule has 174 valence electrons. The lowest BCUT2D eigenvalue weighted by Gasteiger charge is -2.34. The topological polar surface area (TPSA) is 49.3 Å². The smallest absolute Gasteiger partial charge is 0.193 e. The Morgan fingerprint density at radius 2 is 1.75 bits per heavy atom. The van der Waals surface area contributed by atoms with Crippen LogP contribution in [0.1, 0.15) is 19.3 Å². The molecule has 2 saturated heterocycles. The van der Waals surface area contributed by atoms with Crippen LogP contribution >= 0.6 is 24.0 Å². The summed E-state index contributed by atoms with van der Waals surface area (Å²) in [5.74, 6) is 3.50. The Morgan fingerprint density at radius 1 is 1.00 bits per heavy atom. The van der Waals surface area contributed by atoms with Gasteiger partial charge in [-0.2, -0.15) is 0 Å². The zero-order valence-corrected chi connectivity index (χ0v) is 21.4. The molecule has 0 aromatic heterocycles. The molecule has 7 heteroatoms. The van der Waals surface area contributed by atoms with Gasteiger partial charge in [-0.3, -0.25) is 4.99 Å². The molecule has 0 saturated carbocycles. The number of anilines is 1. The third-order valence-corrected chi connectivity index (χ3v) is 6.25. The third-order valence-electron chi connectivity index (χ3n) is 6.25. The fraction of sp³-hybridized carbons (Fsp3) is 0.480. The molecule has 0 radical (unpaired) electrons. The molecule has 0 bridgehead atoms. The van der Waals surface area contributed by atoms with Crippen LogP contribution in [0, 0.1) is 5.92 Å². The van der Waals surface area contributed by atoms with Crippen molar-refractivity contribution >= 4 is 35.6 Å². The van der Waals surface area contributed by atoms with Crippen molar-refractivity contribution in [2.75, 3.05) is 51.8 Å². The second-order valence-corrected chi connectivity index (χ2v) is 8.35. The second-order valence-electron chi connectivity index (χ2n) is 8.35. The summed E-state index contributed by atoms with van der Waals surface area (Å²) in [6.45, 7) is 5.04. The highest BCUT2D eigenvalue weighted by Gasteiger charge is 2.26. The summed E-state index contributed by atoms with van der Waals surface area (Å²) < 4.78 is 11.5. The molecule has 2 heterocycles. The number of methoxy groups -OCH3 is 1. The lowest BCUT2D eigenvalue weighted by atomic mass is 10.1. The van der Waals surface area contributed by atoms with Gasteiger partial charge in [0, 0.05) is 64.4 Å². The molecule has 0 amide bonds. The van der Waals surface area contributed by atoms with Crippen LogP contribution in [0.15, 0.2) is 59.6 Å². The van der Waals surface area contributed by atoms with Gasteiger partial charge in [0.15, 0.2) is 5.96 Å². The van der Waals surface area contributed by atoms with E-state index in [9.17, 15) is 0 Å². The molecule has 0 spiro atoms. The number of nitrogens with one attached hydrogen (secondary N) is 1. The average molecular weight is 550 g/mol. The summed E-state index contributed by atoms with van der Waals surface area (Å²) in [4.78, 5) is 9.35. The summed E-state index contributed by atoms with van der Waals surface area (Å²) >= 11 is 0. The van der Waals surface area contributed by atoms with Gasteiger partial charge < -0.3 is 24.6 Å². The quantitative estimate of drug-likeness (QED) is 0.331. The van der Waals surface area contributed by atoms with Gasteiger partial charge in [-0.1, -0.05) is 24.3 Å². The van der Waals surface area contributed by atoms with Crippen LogP contribution in [0.4, 0.5) is 5.69 Å². The maximum Gasteiger partial charge on any atom is 0.193 e. The third kappa shape index (κ3) is 6.43. The van der Waals surface area contributed by atoms with Gasteiger partial charge in [-0.25, -0.2) is 0 Å². The number of hydrogen-bond acceptors (Lipinski definition) is 4. The number of halogens is 1. The molecule has 2 fully saturated rings. The largest absolute Gasteiger partial charge is 0.497 e. The van der Waals surface area contributed by atoms with Crippen molar-refractivity contribution in [3.05, 3.63) is 54.6 Å². The number of aliphatic imine (C=N–C) groups is 1. The molecular formula is C25H35IN4O2. The predicted octanol–water partition coefficient (Wildman–Crippen LogP) is 4.26. The number of para-hydroxylation sites is 1. The van der Waals surface area contributed by atoms with Gasteiger partial charge in [0.05, 0.1) is 7.11 Å². The Bertz CT molecular complexity index is 856. The van der Waals surface area contributed by atoms with E-state index >= 15 is 0 Å². The fourth-order valence-electron chi connectivity index (χ4n) is 4.49. The second kappa shape index (κ2) is 12.2. The van der Waals surface area contributed by atoms with Crippen molar-refractivity contribution in [1.82, 2.24) is 10.2 Å². The number of likely N-dealkylation sites (tertiary alicyclic amines) is 1. The summed E-state index contributed by atoms with van der Waals surface area (Å²) in [7, 11) is 3.60. The zero-order chi connectivity index (χ0) is 21.5. The number of nitrogens with zero attached hydrogens (tertiary/aromatic N) is 3. The number of hydrogen-bond donors (Lipinski definition) is 1.